The van der Waals surface area contributed by atoms with Crippen molar-refractivity contribution in [3.8, 4) is 11.5 Å². The number of phenolic OH excluding ortho intramolecular Hbond substituents is 1. The van der Waals surface area contributed by atoms with Crippen molar-refractivity contribution < 1.29 is 37.7 Å². The monoisotopic (exact) mass is 364 g/mol. The van der Waals surface area contributed by atoms with E-state index in [9.17, 15) is 23.1 Å². The molecule has 2 rings (SSSR count). The number of nitrogens with zero attached hydrogens (tertiary/aromatic N) is 1. The van der Waals surface area contributed by atoms with Crippen molar-refractivity contribution in [2.75, 3.05) is 39.3 Å². The average Bonchev–Trinajstić information content (AvgIpc) is 2.57. The van der Waals surface area contributed by atoms with Crippen molar-refractivity contribution in [2.45, 2.75) is 6.18 Å². The molecule has 1 aromatic rings. The molecule has 0 radical (unpaired) electrons. The SMILES string of the molecule is O=C(O)C(F)(F)F.O=Cc1ccc(OCCN2CCNCC2)c(O)c1. The fourth-order valence-corrected chi connectivity index (χ4v) is 1.95. The van der Waals surface area contributed by atoms with Crippen LogP contribution >= 0.6 is 0 Å². The van der Waals surface area contributed by atoms with E-state index in [-0.39, 0.29) is 5.75 Å². The molecule has 0 bridgehead atoms. The third-order valence-corrected chi connectivity index (χ3v) is 3.24. The van der Waals surface area contributed by atoms with Crippen LogP contribution in [0.25, 0.3) is 0 Å². The number of carboxylic acids is 1. The van der Waals surface area contributed by atoms with Gasteiger partial charge in [-0.3, -0.25) is 9.69 Å². The van der Waals surface area contributed by atoms with Crippen LogP contribution in [-0.2, 0) is 4.79 Å². The molecule has 1 aliphatic rings. The maximum atomic E-state index is 10.6. The van der Waals surface area contributed by atoms with Crippen molar-refractivity contribution >= 4 is 12.3 Å². The van der Waals surface area contributed by atoms with Gasteiger partial charge in [-0.25, -0.2) is 4.79 Å². The molecule has 1 aliphatic heterocycles. The lowest BCUT2D eigenvalue weighted by Crippen LogP contribution is -2.44. The maximum Gasteiger partial charge on any atom is 0.490 e. The highest BCUT2D eigenvalue weighted by molar-refractivity contribution is 5.76. The summed E-state index contributed by atoms with van der Waals surface area (Å²) in [7, 11) is 0. The van der Waals surface area contributed by atoms with Crippen molar-refractivity contribution in [3.05, 3.63) is 23.8 Å². The largest absolute Gasteiger partial charge is 0.504 e. The molecule has 7 nitrogen and oxygen atoms in total. The van der Waals surface area contributed by atoms with E-state index < -0.39 is 12.1 Å². The van der Waals surface area contributed by atoms with Crippen LogP contribution in [0.2, 0.25) is 0 Å². The third-order valence-electron chi connectivity index (χ3n) is 3.24. The fraction of sp³-hybridized carbons (Fsp3) is 0.467. The Balaban J connectivity index is 0.000000381. The van der Waals surface area contributed by atoms with E-state index in [0.717, 1.165) is 32.7 Å². The molecule has 0 aliphatic carbocycles. The average molecular weight is 364 g/mol. The lowest BCUT2D eigenvalue weighted by Gasteiger charge is -2.26. The summed E-state index contributed by atoms with van der Waals surface area (Å²) in [6.07, 6.45) is -4.38. The number of carbonyl (C=O) groups excluding carboxylic acids is 1. The predicted octanol–water partition coefficient (Wildman–Crippen LogP) is 1.12. The number of hydrogen-bond acceptors (Lipinski definition) is 6. The molecule has 0 amide bonds. The zero-order valence-corrected chi connectivity index (χ0v) is 13.3. The van der Waals surface area contributed by atoms with Gasteiger partial charge < -0.3 is 20.3 Å². The highest BCUT2D eigenvalue weighted by Crippen LogP contribution is 2.26. The fourth-order valence-electron chi connectivity index (χ4n) is 1.95. The quantitative estimate of drug-likeness (QED) is 0.674. The Hall–Kier alpha value is -2.33. The number of piperazine rings is 1. The normalized spacial score (nSPS) is 15.0. The van der Waals surface area contributed by atoms with Crippen LogP contribution in [0, 0.1) is 0 Å². The Morgan fingerprint density at radius 1 is 1.32 bits per heavy atom. The number of aliphatic carboxylic acids is 1. The Kier molecular flexibility index (Phi) is 8.16. The molecule has 0 spiro atoms. The highest BCUT2D eigenvalue weighted by atomic mass is 19.4. The molecule has 0 unspecified atom stereocenters. The third kappa shape index (κ3) is 7.86. The summed E-state index contributed by atoms with van der Waals surface area (Å²) in [5.41, 5.74) is 0.446. The summed E-state index contributed by atoms with van der Waals surface area (Å²) < 4.78 is 37.2. The summed E-state index contributed by atoms with van der Waals surface area (Å²) >= 11 is 0. The van der Waals surface area contributed by atoms with Gasteiger partial charge in [0.25, 0.3) is 0 Å². The topological polar surface area (TPSA) is 99.1 Å². The number of carboxylic acid groups (broad SMARTS) is 1. The summed E-state index contributed by atoms with van der Waals surface area (Å²) in [5.74, 6) is -2.32. The molecule has 25 heavy (non-hydrogen) atoms. The van der Waals surface area contributed by atoms with Gasteiger partial charge in [-0.05, 0) is 18.2 Å². The smallest absolute Gasteiger partial charge is 0.490 e. The van der Waals surface area contributed by atoms with Crippen LogP contribution in [0.1, 0.15) is 10.4 Å². The number of aldehydes is 1. The lowest BCUT2D eigenvalue weighted by atomic mass is 10.2. The summed E-state index contributed by atoms with van der Waals surface area (Å²) in [6.45, 7) is 5.46. The van der Waals surface area contributed by atoms with Crippen LogP contribution in [0.3, 0.4) is 0 Å². The van der Waals surface area contributed by atoms with E-state index in [2.05, 4.69) is 10.2 Å². The number of aromatic hydroxyl groups is 1. The first-order valence-corrected chi connectivity index (χ1v) is 7.38. The standard InChI is InChI=1S/C13H18N2O3.C2HF3O2/c16-10-11-1-2-13(12(17)9-11)18-8-7-15-5-3-14-4-6-15;3-2(4,5)1(6)7/h1-2,9-10,14,17H,3-8H2;(H,6,7). The molecule has 1 aromatic carbocycles. The number of alkyl halides is 3. The second kappa shape index (κ2) is 9.84. The first-order valence-electron chi connectivity index (χ1n) is 7.38. The summed E-state index contributed by atoms with van der Waals surface area (Å²) in [5, 5.41) is 20.1. The number of carbonyl (C=O) groups is 2. The molecule has 140 valence electrons. The Bertz CT molecular complexity index is 575. The van der Waals surface area contributed by atoms with E-state index in [1.165, 1.54) is 6.07 Å². The van der Waals surface area contributed by atoms with Crippen LogP contribution < -0.4 is 10.1 Å². The van der Waals surface area contributed by atoms with Gasteiger partial charge in [-0.2, -0.15) is 13.2 Å². The molecule has 3 N–H and O–H groups in total. The molecular weight excluding hydrogens is 345 g/mol. The lowest BCUT2D eigenvalue weighted by molar-refractivity contribution is -0.192. The molecular formula is C15H19F3N2O5. The second-order valence-electron chi connectivity index (χ2n) is 5.09. The van der Waals surface area contributed by atoms with Crippen molar-refractivity contribution in [3.63, 3.8) is 0 Å². The minimum Gasteiger partial charge on any atom is -0.504 e. The Morgan fingerprint density at radius 2 is 1.92 bits per heavy atom. The van der Waals surface area contributed by atoms with Gasteiger partial charge in [-0.15, -0.1) is 0 Å². The predicted molar refractivity (Wildman–Crippen MR) is 82.0 cm³/mol. The first kappa shape index (κ1) is 20.7. The summed E-state index contributed by atoms with van der Waals surface area (Å²) in [6, 6.07) is 4.66. The van der Waals surface area contributed by atoms with Crippen molar-refractivity contribution in [2.24, 2.45) is 0 Å². The Labute approximate surface area is 142 Å². The van der Waals surface area contributed by atoms with Crippen LogP contribution in [0.15, 0.2) is 18.2 Å². The van der Waals surface area contributed by atoms with E-state index in [1.54, 1.807) is 12.1 Å². The highest BCUT2D eigenvalue weighted by Gasteiger charge is 2.38. The van der Waals surface area contributed by atoms with Gasteiger partial charge in [0.15, 0.2) is 11.5 Å². The zero-order chi connectivity index (χ0) is 18.9. The Morgan fingerprint density at radius 3 is 2.40 bits per heavy atom. The van der Waals surface area contributed by atoms with E-state index in [1.807, 2.05) is 0 Å². The van der Waals surface area contributed by atoms with E-state index >= 15 is 0 Å². The number of rotatable bonds is 5. The summed E-state index contributed by atoms with van der Waals surface area (Å²) in [4.78, 5) is 21.7. The number of ether oxygens (including phenoxy) is 1. The number of halogens is 3. The van der Waals surface area contributed by atoms with Crippen LogP contribution in [0.5, 0.6) is 11.5 Å². The molecule has 10 heteroatoms. The second-order valence-corrected chi connectivity index (χ2v) is 5.09. The molecule has 1 saturated heterocycles. The van der Waals surface area contributed by atoms with Gasteiger partial charge >= 0.3 is 12.1 Å². The van der Waals surface area contributed by atoms with Crippen molar-refractivity contribution in [1.29, 1.82) is 0 Å². The number of phenols is 1. The number of nitrogens with one attached hydrogen (secondary N) is 1. The van der Waals surface area contributed by atoms with Gasteiger partial charge in [0.1, 0.15) is 12.9 Å². The molecule has 1 heterocycles. The number of hydrogen-bond donors (Lipinski definition) is 3. The van der Waals surface area contributed by atoms with Crippen LogP contribution in [-0.4, -0.2) is 72.9 Å². The molecule has 1 fully saturated rings. The van der Waals surface area contributed by atoms with Crippen molar-refractivity contribution in [1.82, 2.24) is 10.2 Å². The van der Waals surface area contributed by atoms with Gasteiger partial charge in [0.05, 0.1) is 0 Å². The number of benzene rings is 1. The maximum absolute atomic E-state index is 10.6. The van der Waals surface area contributed by atoms with Gasteiger partial charge in [0.2, 0.25) is 0 Å². The first-order chi connectivity index (χ1) is 11.7. The van der Waals surface area contributed by atoms with E-state index in [4.69, 9.17) is 14.6 Å². The van der Waals surface area contributed by atoms with E-state index in [0.29, 0.717) is 24.2 Å². The van der Waals surface area contributed by atoms with Crippen LogP contribution in [0.4, 0.5) is 13.2 Å². The minimum atomic E-state index is -5.08. The molecule has 0 saturated carbocycles. The molecule has 0 aromatic heterocycles. The molecule has 0 atom stereocenters. The minimum absolute atomic E-state index is 0.0138. The zero-order valence-electron chi connectivity index (χ0n) is 13.3. The van der Waals surface area contributed by atoms with Gasteiger partial charge in [-0.1, -0.05) is 0 Å². The van der Waals surface area contributed by atoms with Gasteiger partial charge in [0, 0.05) is 38.3 Å².